The van der Waals surface area contributed by atoms with E-state index in [4.69, 9.17) is 4.74 Å². The summed E-state index contributed by atoms with van der Waals surface area (Å²) in [6.45, 7) is 0. The molecule has 3 unspecified atom stereocenters. The minimum Gasteiger partial charge on any atom is -0.504 e. The van der Waals surface area contributed by atoms with Gasteiger partial charge in [-0.2, -0.15) is 0 Å². The number of likely N-dealkylation sites (tertiary alicyclic amines) is 1. The Balaban J connectivity index is 1.72. The number of nitrogens with zero attached hydrogens (tertiary/aromatic N) is 1. The largest absolute Gasteiger partial charge is 0.504 e. The quantitative estimate of drug-likeness (QED) is 0.707. The lowest BCUT2D eigenvalue weighted by Gasteiger charge is -2.49. The number of hydrogen-bond donors (Lipinski definition) is 2. The number of aliphatic hydroxyl groups excluding tert-OH is 1. The molecule has 0 aromatic heterocycles. The summed E-state index contributed by atoms with van der Waals surface area (Å²) in [4.78, 5) is 2.55. The summed E-state index contributed by atoms with van der Waals surface area (Å²) in [6, 6.07) is 4.87. The van der Waals surface area contributed by atoms with Gasteiger partial charge in [0, 0.05) is 23.1 Å². The minimum absolute atomic E-state index is 0.114. The van der Waals surface area contributed by atoms with Gasteiger partial charge >= 0.3 is 0 Å². The molecular weight excluding hydrogens is 278 g/mol. The molecule has 2 aliphatic heterocycles. The van der Waals surface area contributed by atoms with Crippen LogP contribution in [-0.2, 0) is 11.8 Å². The predicted octanol–water partition coefficient (Wildman–Crippen LogP) is 1.20. The van der Waals surface area contributed by atoms with E-state index >= 15 is 0 Å². The Bertz CT molecular complexity index is 744. The van der Waals surface area contributed by atoms with Gasteiger partial charge in [0.15, 0.2) is 11.5 Å². The van der Waals surface area contributed by atoms with Gasteiger partial charge in [0.25, 0.3) is 0 Å². The smallest absolute Gasteiger partial charge is 0.165 e. The van der Waals surface area contributed by atoms with Crippen molar-refractivity contribution in [3.8, 4) is 11.5 Å². The van der Waals surface area contributed by atoms with Crippen LogP contribution in [0.25, 0.3) is 0 Å². The third-order valence-corrected chi connectivity index (χ3v) is 7.17. The highest BCUT2D eigenvalue weighted by Gasteiger charge is 2.73. The van der Waals surface area contributed by atoms with Crippen molar-refractivity contribution in [1.29, 1.82) is 0 Å². The molecule has 5 aliphatic rings. The number of rotatable bonds is 0. The van der Waals surface area contributed by atoms with Crippen molar-refractivity contribution >= 4 is 0 Å². The second kappa shape index (κ2) is 3.36. The number of hydrogen-bond acceptors (Lipinski definition) is 4. The molecule has 1 aromatic rings. The summed E-state index contributed by atoms with van der Waals surface area (Å²) >= 11 is 0. The average Bonchev–Trinajstić information content (AvgIpc) is 3.07. The SMILES string of the molecule is CN1C2C[C@]34c5c6ccc(O)c5O[C@H]3[C@@H](O)C=CC2C4[C@H]1C6. The van der Waals surface area contributed by atoms with Crippen LogP contribution in [0.2, 0.25) is 0 Å². The third-order valence-electron chi connectivity index (χ3n) is 7.17. The molecule has 4 bridgehead atoms. The van der Waals surface area contributed by atoms with Gasteiger partial charge in [0.05, 0.1) is 0 Å². The van der Waals surface area contributed by atoms with E-state index < -0.39 is 6.10 Å². The van der Waals surface area contributed by atoms with E-state index in [2.05, 4.69) is 24.1 Å². The zero-order chi connectivity index (χ0) is 14.8. The molecule has 0 amide bonds. The fourth-order valence-electron chi connectivity index (χ4n) is 6.54. The van der Waals surface area contributed by atoms with E-state index in [1.165, 1.54) is 11.1 Å². The monoisotopic (exact) mass is 297 g/mol. The van der Waals surface area contributed by atoms with E-state index in [1.54, 1.807) is 6.07 Å². The summed E-state index contributed by atoms with van der Waals surface area (Å²) in [5, 5.41) is 20.9. The number of aliphatic hydroxyl groups is 1. The van der Waals surface area contributed by atoms with Crippen molar-refractivity contribution in [2.45, 2.75) is 42.5 Å². The Morgan fingerprint density at radius 1 is 1.27 bits per heavy atom. The van der Waals surface area contributed by atoms with Gasteiger partial charge < -0.3 is 14.9 Å². The topological polar surface area (TPSA) is 52.9 Å². The molecule has 6 rings (SSSR count). The average molecular weight is 297 g/mol. The van der Waals surface area contributed by atoms with Gasteiger partial charge in [-0.05, 0) is 43.4 Å². The minimum atomic E-state index is -0.588. The number of phenols is 1. The number of ether oxygens (including phenoxy) is 1. The van der Waals surface area contributed by atoms with E-state index in [9.17, 15) is 10.2 Å². The molecule has 0 radical (unpaired) electrons. The summed E-state index contributed by atoms with van der Waals surface area (Å²) in [5.41, 5.74) is 2.40. The Morgan fingerprint density at radius 3 is 3.00 bits per heavy atom. The van der Waals surface area contributed by atoms with E-state index in [0.29, 0.717) is 29.7 Å². The van der Waals surface area contributed by atoms with Crippen molar-refractivity contribution in [1.82, 2.24) is 4.90 Å². The molecule has 7 atom stereocenters. The number of aromatic hydroxyl groups is 1. The van der Waals surface area contributed by atoms with E-state index in [-0.39, 0.29) is 17.3 Å². The Labute approximate surface area is 129 Å². The van der Waals surface area contributed by atoms with Gasteiger partial charge in [-0.1, -0.05) is 18.2 Å². The van der Waals surface area contributed by atoms with Crippen LogP contribution in [0.1, 0.15) is 17.5 Å². The van der Waals surface area contributed by atoms with Crippen molar-refractivity contribution in [2.75, 3.05) is 7.05 Å². The Hall–Kier alpha value is -1.52. The van der Waals surface area contributed by atoms with Gasteiger partial charge in [-0.25, -0.2) is 0 Å². The third kappa shape index (κ3) is 0.991. The highest BCUT2D eigenvalue weighted by atomic mass is 16.5. The Morgan fingerprint density at radius 2 is 2.14 bits per heavy atom. The molecule has 114 valence electrons. The first kappa shape index (κ1) is 12.0. The van der Waals surface area contributed by atoms with E-state index in [1.807, 2.05) is 6.08 Å². The second-order valence-electron chi connectivity index (χ2n) is 7.71. The van der Waals surface area contributed by atoms with Crippen LogP contribution in [-0.4, -0.2) is 46.5 Å². The standard InChI is InChI=1S/C18H19NO3/c1-19-10-6-8-2-4-12(20)16-14(8)18-7-11(19)9(15(10)18)3-5-13(21)17(18)22-16/h2-5,9-11,13,15,17,20-21H,6-7H2,1H3/t9?,10-,11?,13+,15?,17+,18-/m1/s1. The molecule has 22 heavy (non-hydrogen) atoms. The summed E-state index contributed by atoms with van der Waals surface area (Å²) in [6.07, 6.45) is 5.39. The van der Waals surface area contributed by atoms with Crippen LogP contribution in [0, 0.1) is 11.8 Å². The number of piperidine rings is 1. The van der Waals surface area contributed by atoms with Crippen molar-refractivity contribution < 1.29 is 14.9 Å². The van der Waals surface area contributed by atoms with Crippen LogP contribution in [0.15, 0.2) is 24.3 Å². The van der Waals surface area contributed by atoms with Gasteiger partial charge in [-0.15, -0.1) is 0 Å². The summed E-state index contributed by atoms with van der Waals surface area (Å²) < 4.78 is 6.18. The fourth-order valence-corrected chi connectivity index (χ4v) is 6.54. The van der Waals surface area contributed by atoms with Gasteiger partial charge in [0.2, 0.25) is 0 Å². The van der Waals surface area contributed by atoms with Crippen LogP contribution >= 0.6 is 0 Å². The number of benzene rings is 1. The van der Waals surface area contributed by atoms with Gasteiger partial charge in [-0.3, -0.25) is 4.90 Å². The summed E-state index contributed by atoms with van der Waals surface area (Å²) in [7, 11) is 2.25. The molecule has 4 heteroatoms. The molecule has 1 saturated heterocycles. The van der Waals surface area contributed by atoms with Crippen LogP contribution in [0.5, 0.6) is 11.5 Å². The number of likely N-dealkylation sites (N-methyl/N-ethyl adjacent to an activating group) is 1. The lowest BCUT2D eigenvalue weighted by molar-refractivity contribution is -0.0172. The first-order valence-electron chi connectivity index (χ1n) is 8.23. The van der Waals surface area contributed by atoms with Crippen LogP contribution < -0.4 is 4.74 Å². The maximum Gasteiger partial charge on any atom is 0.165 e. The Kier molecular flexibility index (Phi) is 1.83. The van der Waals surface area contributed by atoms with Gasteiger partial charge in [0.1, 0.15) is 12.2 Å². The zero-order valence-electron chi connectivity index (χ0n) is 12.4. The lowest BCUT2D eigenvalue weighted by Crippen LogP contribution is -2.59. The zero-order valence-corrected chi connectivity index (χ0v) is 12.4. The molecule has 1 aromatic carbocycles. The second-order valence-corrected chi connectivity index (χ2v) is 7.71. The molecular formula is C18H19NO3. The lowest BCUT2D eigenvalue weighted by atomic mass is 9.59. The molecule has 3 aliphatic carbocycles. The highest BCUT2D eigenvalue weighted by Crippen LogP contribution is 2.69. The first-order chi connectivity index (χ1) is 10.6. The number of phenolic OH excluding ortho intramolecular Hbond substituents is 1. The molecule has 2 fully saturated rings. The van der Waals surface area contributed by atoms with E-state index in [0.717, 1.165) is 12.8 Å². The normalized spacial score (nSPS) is 49.4. The van der Waals surface area contributed by atoms with Crippen LogP contribution in [0.3, 0.4) is 0 Å². The molecule has 1 saturated carbocycles. The molecule has 1 spiro atoms. The predicted molar refractivity (Wildman–Crippen MR) is 80.0 cm³/mol. The summed E-state index contributed by atoms with van der Waals surface area (Å²) in [5.74, 6) is 1.86. The van der Waals surface area contributed by atoms with Crippen LogP contribution in [0.4, 0.5) is 0 Å². The highest BCUT2D eigenvalue weighted by molar-refractivity contribution is 5.62. The maximum absolute atomic E-state index is 10.6. The molecule has 4 nitrogen and oxygen atoms in total. The van der Waals surface area contributed by atoms with Crippen molar-refractivity contribution in [2.24, 2.45) is 11.8 Å². The molecule has 2 heterocycles. The van der Waals surface area contributed by atoms with Crippen molar-refractivity contribution in [3.63, 3.8) is 0 Å². The van der Waals surface area contributed by atoms with Crippen molar-refractivity contribution in [3.05, 3.63) is 35.4 Å². The maximum atomic E-state index is 10.6. The molecule has 2 N–H and O–H groups in total. The fraction of sp³-hybridized carbons (Fsp3) is 0.556. The first-order valence-corrected chi connectivity index (χ1v) is 8.23.